The molecule has 0 spiro atoms. The third-order valence-electron chi connectivity index (χ3n) is 3.02. The van der Waals surface area contributed by atoms with Gasteiger partial charge in [0.1, 0.15) is 0 Å². The average Bonchev–Trinajstić information content (AvgIpc) is 2.83. The van der Waals surface area contributed by atoms with Gasteiger partial charge in [0.25, 0.3) is 0 Å². The van der Waals surface area contributed by atoms with Crippen LogP contribution in [0.4, 0.5) is 15.8 Å². The van der Waals surface area contributed by atoms with Gasteiger partial charge in [-0.05, 0) is 13.3 Å². The van der Waals surface area contributed by atoms with Gasteiger partial charge in [-0.3, -0.25) is 0 Å². The third kappa shape index (κ3) is 3.85. The Morgan fingerprint density at radius 2 is 2.19 bits per heavy atom. The van der Waals surface area contributed by atoms with E-state index in [1.54, 1.807) is 17.4 Å². The van der Waals surface area contributed by atoms with Crippen molar-refractivity contribution in [2.24, 2.45) is 0 Å². The molecule has 0 aliphatic rings. The molecule has 114 valence electrons. The number of ether oxygens (including phenoxy) is 1. The summed E-state index contributed by atoms with van der Waals surface area (Å²) in [6, 6.07) is 2.96. The molecular weight excluding hydrogens is 289 g/mol. The van der Waals surface area contributed by atoms with Gasteiger partial charge in [-0.1, -0.05) is 6.92 Å². The van der Waals surface area contributed by atoms with Crippen molar-refractivity contribution < 1.29 is 9.13 Å². The molecule has 2 N–H and O–H groups in total. The van der Waals surface area contributed by atoms with Crippen molar-refractivity contribution in [2.45, 2.75) is 26.8 Å². The number of thiazole rings is 1. The molecule has 0 atom stereocenters. The number of hydrogen-bond acceptors (Lipinski definition) is 5. The second-order valence-electron chi connectivity index (χ2n) is 4.90. The van der Waals surface area contributed by atoms with Crippen LogP contribution in [0.15, 0.2) is 17.5 Å². The van der Waals surface area contributed by atoms with Gasteiger partial charge in [-0.2, -0.15) is 0 Å². The van der Waals surface area contributed by atoms with Gasteiger partial charge in [0.05, 0.1) is 35.2 Å². The average molecular weight is 309 g/mol. The molecule has 1 aromatic carbocycles. The van der Waals surface area contributed by atoms with Gasteiger partial charge < -0.3 is 15.4 Å². The number of rotatable bonds is 6. The summed E-state index contributed by atoms with van der Waals surface area (Å²) in [5, 5.41) is 3.04. The zero-order valence-electron chi connectivity index (χ0n) is 12.5. The lowest BCUT2D eigenvalue weighted by atomic mass is 10.2. The lowest BCUT2D eigenvalue weighted by Crippen LogP contribution is -2.18. The Balaban J connectivity index is 2.20. The lowest BCUT2D eigenvalue weighted by Gasteiger charge is -2.21. The van der Waals surface area contributed by atoms with Crippen LogP contribution in [0.3, 0.4) is 0 Å². The van der Waals surface area contributed by atoms with Crippen LogP contribution in [-0.2, 0) is 6.54 Å². The second-order valence-corrected chi connectivity index (χ2v) is 5.97. The Bertz CT molecular complexity index is 615. The monoisotopic (exact) mass is 309 g/mol. The third-order valence-corrected chi connectivity index (χ3v) is 3.84. The molecule has 21 heavy (non-hydrogen) atoms. The molecule has 1 heterocycles. The van der Waals surface area contributed by atoms with Crippen molar-refractivity contribution in [1.82, 2.24) is 4.98 Å². The summed E-state index contributed by atoms with van der Waals surface area (Å²) >= 11 is 1.61. The van der Waals surface area contributed by atoms with Crippen molar-refractivity contribution in [3.8, 4) is 5.75 Å². The number of nitrogens with zero attached hydrogens (tertiary/aromatic N) is 2. The quantitative estimate of drug-likeness (QED) is 0.828. The molecule has 0 aliphatic heterocycles. The standard InChI is InChI=1S/C15H20FN3OS/c1-4-5-20-15-7-14(13(17)6-12(15)16)19(3)8-11-9-21-10(2)18-11/h6-7,9H,4-5,8,17H2,1-3H3. The molecule has 0 aliphatic carbocycles. The van der Waals surface area contributed by atoms with Crippen LogP contribution in [0.1, 0.15) is 24.0 Å². The van der Waals surface area contributed by atoms with Crippen LogP contribution in [0.2, 0.25) is 0 Å². The highest BCUT2D eigenvalue weighted by Gasteiger charge is 2.13. The first-order valence-electron chi connectivity index (χ1n) is 6.85. The number of hydrogen-bond donors (Lipinski definition) is 1. The predicted octanol–water partition coefficient (Wildman–Crippen LogP) is 3.60. The first-order valence-corrected chi connectivity index (χ1v) is 7.73. The first-order chi connectivity index (χ1) is 10.0. The van der Waals surface area contributed by atoms with Gasteiger partial charge in [-0.25, -0.2) is 9.37 Å². The van der Waals surface area contributed by atoms with Crippen molar-refractivity contribution >= 4 is 22.7 Å². The Morgan fingerprint density at radius 1 is 1.43 bits per heavy atom. The predicted molar refractivity (Wildman–Crippen MR) is 85.6 cm³/mol. The summed E-state index contributed by atoms with van der Waals surface area (Å²) in [4.78, 5) is 6.37. The minimum Gasteiger partial charge on any atom is -0.490 e. The second kappa shape index (κ2) is 6.76. The van der Waals surface area contributed by atoms with Crippen LogP contribution in [0.5, 0.6) is 5.75 Å². The summed E-state index contributed by atoms with van der Waals surface area (Å²) in [5.74, 6) is -0.190. The minimum absolute atomic E-state index is 0.238. The molecule has 2 aromatic rings. The van der Waals surface area contributed by atoms with E-state index in [4.69, 9.17) is 10.5 Å². The normalized spacial score (nSPS) is 10.7. The number of aryl methyl sites for hydroxylation is 1. The maximum absolute atomic E-state index is 13.8. The molecule has 1 aromatic heterocycles. The Morgan fingerprint density at radius 3 is 2.81 bits per heavy atom. The van der Waals surface area contributed by atoms with Crippen LogP contribution in [0.25, 0.3) is 0 Å². The fraction of sp³-hybridized carbons (Fsp3) is 0.400. The van der Waals surface area contributed by atoms with Crippen LogP contribution < -0.4 is 15.4 Å². The molecule has 0 saturated carbocycles. The highest BCUT2D eigenvalue weighted by molar-refractivity contribution is 7.09. The van der Waals surface area contributed by atoms with E-state index >= 15 is 0 Å². The molecular formula is C15H20FN3OS. The van der Waals surface area contributed by atoms with Gasteiger partial charge >= 0.3 is 0 Å². The number of halogens is 1. The fourth-order valence-electron chi connectivity index (χ4n) is 2.02. The summed E-state index contributed by atoms with van der Waals surface area (Å²) in [7, 11) is 1.90. The van der Waals surface area contributed by atoms with E-state index < -0.39 is 5.82 Å². The molecule has 2 rings (SSSR count). The van der Waals surface area contributed by atoms with Crippen LogP contribution in [0, 0.1) is 12.7 Å². The van der Waals surface area contributed by atoms with E-state index in [0.29, 0.717) is 18.8 Å². The molecule has 0 radical (unpaired) electrons. The molecule has 0 amide bonds. The van der Waals surface area contributed by atoms with Crippen molar-refractivity contribution in [3.63, 3.8) is 0 Å². The minimum atomic E-state index is -0.428. The van der Waals surface area contributed by atoms with E-state index in [1.165, 1.54) is 6.07 Å². The maximum Gasteiger partial charge on any atom is 0.167 e. The van der Waals surface area contributed by atoms with Crippen molar-refractivity contribution in [3.05, 3.63) is 34.0 Å². The summed E-state index contributed by atoms with van der Waals surface area (Å²) in [5.41, 5.74) is 8.03. The Labute approximate surface area is 128 Å². The fourth-order valence-corrected chi connectivity index (χ4v) is 2.62. The Hall–Kier alpha value is -1.82. The highest BCUT2D eigenvalue weighted by Crippen LogP contribution is 2.31. The molecule has 4 nitrogen and oxygen atoms in total. The lowest BCUT2D eigenvalue weighted by molar-refractivity contribution is 0.301. The first kappa shape index (κ1) is 15.6. The van der Waals surface area contributed by atoms with Gasteiger partial charge in [0.15, 0.2) is 11.6 Å². The molecule has 0 unspecified atom stereocenters. The topological polar surface area (TPSA) is 51.4 Å². The number of nitrogens with two attached hydrogens (primary N) is 1. The van der Waals surface area contributed by atoms with E-state index in [1.807, 2.05) is 31.2 Å². The van der Waals surface area contributed by atoms with Gasteiger partial charge in [0, 0.05) is 24.6 Å². The highest BCUT2D eigenvalue weighted by atomic mass is 32.1. The molecule has 0 saturated heterocycles. The largest absolute Gasteiger partial charge is 0.490 e. The van der Waals surface area contributed by atoms with Crippen molar-refractivity contribution in [1.29, 1.82) is 0 Å². The Kier molecular flexibility index (Phi) is 5.01. The maximum atomic E-state index is 13.8. The van der Waals surface area contributed by atoms with Crippen LogP contribution >= 0.6 is 11.3 Å². The zero-order chi connectivity index (χ0) is 15.4. The number of benzene rings is 1. The van der Waals surface area contributed by atoms with Gasteiger partial charge in [-0.15, -0.1) is 11.3 Å². The number of aromatic nitrogens is 1. The van der Waals surface area contributed by atoms with Crippen molar-refractivity contribution in [2.75, 3.05) is 24.3 Å². The van der Waals surface area contributed by atoms with Gasteiger partial charge in [0.2, 0.25) is 0 Å². The van der Waals surface area contributed by atoms with E-state index in [0.717, 1.165) is 22.8 Å². The summed E-state index contributed by atoms with van der Waals surface area (Å²) in [6.07, 6.45) is 0.826. The van der Waals surface area contributed by atoms with Crippen LogP contribution in [-0.4, -0.2) is 18.6 Å². The van der Waals surface area contributed by atoms with E-state index in [2.05, 4.69) is 4.98 Å². The zero-order valence-corrected chi connectivity index (χ0v) is 13.3. The summed E-state index contributed by atoms with van der Waals surface area (Å²) in [6.45, 7) is 5.05. The summed E-state index contributed by atoms with van der Waals surface area (Å²) < 4.78 is 19.2. The van der Waals surface area contributed by atoms with E-state index in [-0.39, 0.29) is 5.75 Å². The SMILES string of the molecule is CCCOc1cc(N(C)Cc2csc(C)n2)c(N)cc1F. The number of nitrogen functional groups attached to an aromatic ring is 1. The number of anilines is 2. The molecule has 0 fully saturated rings. The van der Waals surface area contributed by atoms with E-state index in [9.17, 15) is 4.39 Å². The smallest absolute Gasteiger partial charge is 0.167 e. The molecule has 0 bridgehead atoms. The molecule has 6 heteroatoms.